The van der Waals surface area contributed by atoms with Gasteiger partial charge in [-0.25, -0.2) is 0 Å². The number of hydrogen-bond acceptors (Lipinski definition) is 4. The van der Waals surface area contributed by atoms with Crippen molar-refractivity contribution in [2.75, 3.05) is 10.6 Å². The maximum Gasteiger partial charge on any atom is 0.224 e. The highest BCUT2D eigenvalue weighted by Crippen LogP contribution is 2.37. The van der Waals surface area contributed by atoms with Crippen LogP contribution in [0, 0.1) is 0 Å². The number of para-hydroxylation sites is 1. The van der Waals surface area contributed by atoms with E-state index in [9.17, 15) is 4.79 Å². The smallest absolute Gasteiger partial charge is 0.224 e. The number of carbonyl (C=O) groups is 1. The highest BCUT2D eigenvalue weighted by atomic mass is 79.9. The van der Waals surface area contributed by atoms with E-state index < -0.39 is 0 Å². The summed E-state index contributed by atoms with van der Waals surface area (Å²) in [5, 5.41) is 10.5. The van der Waals surface area contributed by atoms with Crippen LogP contribution in [0.15, 0.2) is 103 Å². The van der Waals surface area contributed by atoms with Crippen molar-refractivity contribution in [3.05, 3.63) is 94.0 Å². The van der Waals surface area contributed by atoms with Crippen LogP contribution in [-0.4, -0.2) is 5.91 Å². The lowest BCUT2D eigenvalue weighted by atomic mass is 10.1. The molecule has 0 spiro atoms. The average Bonchev–Trinajstić information content (AvgIpc) is 3.41. The van der Waals surface area contributed by atoms with E-state index in [1.807, 2.05) is 66.7 Å². The zero-order chi connectivity index (χ0) is 25.5. The molecule has 2 aromatic heterocycles. The van der Waals surface area contributed by atoms with Crippen LogP contribution in [0.2, 0.25) is 0 Å². The third kappa shape index (κ3) is 4.77. The maximum atomic E-state index is 12.5. The first-order chi connectivity index (χ1) is 17.9. The van der Waals surface area contributed by atoms with Crippen molar-refractivity contribution in [2.45, 2.75) is 19.3 Å². The summed E-state index contributed by atoms with van der Waals surface area (Å²) >= 11 is 7.11. The van der Waals surface area contributed by atoms with Crippen LogP contribution in [-0.2, 0) is 4.79 Å². The third-order valence-corrected chi connectivity index (χ3v) is 7.41. The largest absolute Gasteiger partial charge is 0.456 e. The first-order valence-electron chi connectivity index (χ1n) is 11.9. The van der Waals surface area contributed by atoms with Gasteiger partial charge in [-0.15, -0.1) is 0 Å². The van der Waals surface area contributed by atoms with E-state index in [2.05, 4.69) is 55.1 Å². The number of amides is 1. The van der Waals surface area contributed by atoms with Crippen molar-refractivity contribution in [2.24, 2.45) is 0 Å². The Labute approximate surface area is 229 Å². The number of anilines is 2. The number of hydrogen-bond donors (Lipinski definition) is 2. The molecule has 0 bridgehead atoms. The van der Waals surface area contributed by atoms with Gasteiger partial charge in [0.15, 0.2) is 0 Å². The number of furan rings is 2. The highest BCUT2D eigenvalue weighted by Gasteiger charge is 2.12. The van der Waals surface area contributed by atoms with Gasteiger partial charge in [0, 0.05) is 61.6 Å². The molecule has 0 aliphatic carbocycles. The quantitative estimate of drug-likeness (QED) is 0.187. The van der Waals surface area contributed by atoms with Gasteiger partial charge in [0.1, 0.15) is 22.3 Å². The summed E-state index contributed by atoms with van der Waals surface area (Å²) in [6.45, 7) is 4.13. The molecule has 0 saturated heterocycles. The number of fused-ring (bicyclic) bond motifs is 6. The maximum absolute atomic E-state index is 12.5. The van der Waals surface area contributed by atoms with Crippen molar-refractivity contribution in [3.63, 3.8) is 0 Å². The Kier molecular flexibility index (Phi) is 6.26. The van der Waals surface area contributed by atoms with Gasteiger partial charge in [0.25, 0.3) is 0 Å². The first-order valence-corrected chi connectivity index (χ1v) is 13.5. The van der Waals surface area contributed by atoms with Gasteiger partial charge in [0.2, 0.25) is 5.91 Å². The molecule has 5 nitrogen and oxygen atoms in total. The minimum Gasteiger partial charge on any atom is -0.456 e. The summed E-state index contributed by atoms with van der Waals surface area (Å²) in [5.41, 5.74) is 5.69. The van der Waals surface area contributed by atoms with E-state index in [-0.39, 0.29) is 5.91 Å². The lowest BCUT2D eigenvalue weighted by Crippen LogP contribution is -2.11. The van der Waals surface area contributed by atoms with E-state index in [4.69, 9.17) is 8.83 Å². The molecule has 0 aliphatic heterocycles. The summed E-state index contributed by atoms with van der Waals surface area (Å²) in [7, 11) is 0. The van der Waals surface area contributed by atoms with E-state index in [1.165, 1.54) is 0 Å². The molecule has 7 heteroatoms. The van der Waals surface area contributed by atoms with Crippen LogP contribution >= 0.6 is 31.9 Å². The van der Waals surface area contributed by atoms with Crippen molar-refractivity contribution < 1.29 is 13.6 Å². The Morgan fingerprint density at radius 2 is 1.41 bits per heavy atom. The van der Waals surface area contributed by atoms with Crippen LogP contribution in [0.25, 0.3) is 43.9 Å². The number of allylic oxidation sites excluding steroid dienone is 1. The lowest BCUT2D eigenvalue weighted by Gasteiger charge is -2.10. The second kappa shape index (κ2) is 9.72. The standard InChI is InChI=1S/C30H22Br2N2O3/c1-17(33-19-9-12-23-24-13-18(31)14-25(32)30(24)37-28(23)15-19)5-4-8-29(35)34-20-10-11-22-21-6-2-3-7-26(21)36-27(22)16-20/h2-3,6-7,9-16,33H,1,4-5,8H2,(H,34,35). The normalized spacial score (nSPS) is 11.5. The van der Waals surface area contributed by atoms with Crippen molar-refractivity contribution in [1.29, 1.82) is 0 Å². The molecule has 37 heavy (non-hydrogen) atoms. The molecule has 0 unspecified atom stereocenters. The van der Waals surface area contributed by atoms with Crippen LogP contribution in [0.1, 0.15) is 19.3 Å². The van der Waals surface area contributed by atoms with Crippen LogP contribution in [0.5, 0.6) is 0 Å². The van der Waals surface area contributed by atoms with Crippen molar-refractivity contribution >= 4 is 93.0 Å². The minimum atomic E-state index is -0.0382. The molecule has 0 radical (unpaired) electrons. The van der Waals surface area contributed by atoms with Gasteiger partial charge >= 0.3 is 0 Å². The van der Waals surface area contributed by atoms with E-state index in [1.54, 1.807) is 0 Å². The minimum absolute atomic E-state index is 0.0382. The zero-order valence-corrected chi connectivity index (χ0v) is 22.9. The van der Waals surface area contributed by atoms with Gasteiger partial charge in [-0.1, -0.05) is 40.7 Å². The number of rotatable bonds is 7. The molecular formula is C30H22Br2N2O3. The highest BCUT2D eigenvalue weighted by molar-refractivity contribution is 9.11. The van der Waals surface area contributed by atoms with Gasteiger partial charge < -0.3 is 19.5 Å². The van der Waals surface area contributed by atoms with Crippen molar-refractivity contribution in [1.82, 2.24) is 0 Å². The topological polar surface area (TPSA) is 67.4 Å². The summed E-state index contributed by atoms with van der Waals surface area (Å²) in [6.07, 6.45) is 1.75. The second-order valence-electron chi connectivity index (χ2n) is 9.02. The van der Waals surface area contributed by atoms with Crippen LogP contribution in [0.4, 0.5) is 11.4 Å². The fraction of sp³-hybridized carbons (Fsp3) is 0.100. The first kappa shape index (κ1) is 23.8. The number of carbonyl (C=O) groups excluding carboxylic acids is 1. The molecule has 0 aliphatic rings. The predicted molar refractivity (Wildman–Crippen MR) is 158 cm³/mol. The van der Waals surface area contributed by atoms with Gasteiger partial charge in [-0.3, -0.25) is 4.79 Å². The van der Waals surface area contributed by atoms with Crippen LogP contribution < -0.4 is 10.6 Å². The molecule has 6 aromatic rings. The molecular weight excluding hydrogens is 596 g/mol. The van der Waals surface area contributed by atoms with Gasteiger partial charge in [-0.2, -0.15) is 0 Å². The zero-order valence-electron chi connectivity index (χ0n) is 19.7. The molecule has 6 rings (SSSR count). The Morgan fingerprint density at radius 1 is 0.730 bits per heavy atom. The summed E-state index contributed by atoms with van der Waals surface area (Å²) < 4.78 is 13.9. The molecule has 0 fully saturated rings. The van der Waals surface area contributed by atoms with Gasteiger partial charge in [0.05, 0.1) is 4.47 Å². The average molecular weight is 618 g/mol. The molecule has 0 saturated carbocycles. The fourth-order valence-electron chi connectivity index (χ4n) is 4.64. The molecule has 2 heterocycles. The molecule has 2 N–H and O–H groups in total. The number of nitrogens with one attached hydrogen (secondary N) is 2. The monoisotopic (exact) mass is 616 g/mol. The van der Waals surface area contributed by atoms with Crippen molar-refractivity contribution in [3.8, 4) is 0 Å². The summed E-state index contributed by atoms with van der Waals surface area (Å²) in [5.74, 6) is -0.0382. The fourth-order valence-corrected chi connectivity index (χ4v) is 5.94. The molecule has 4 aromatic carbocycles. The lowest BCUT2D eigenvalue weighted by molar-refractivity contribution is -0.116. The Morgan fingerprint density at radius 3 is 2.22 bits per heavy atom. The Balaban J connectivity index is 1.05. The Hall–Kier alpha value is -3.55. The molecule has 1 amide bonds. The van der Waals surface area contributed by atoms with Gasteiger partial charge in [-0.05, 0) is 71.2 Å². The summed E-state index contributed by atoms with van der Waals surface area (Å²) in [6, 6.07) is 23.7. The van der Waals surface area contributed by atoms with Crippen LogP contribution in [0.3, 0.4) is 0 Å². The summed E-state index contributed by atoms with van der Waals surface area (Å²) in [4.78, 5) is 12.5. The number of halogens is 2. The Bertz CT molecular complexity index is 1830. The predicted octanol–water partition coefficient (Wildman–Crippen LogP) is 9.74. The van der Waals surface area contributed by atoms with E-state index in [0.717, 1.165) is 69.9 Å². The van der Waals surface area contributed by atoms with E-state index >= 15 is 0 Å². The van der Waals surface area contributed by atoms with E-state index in [0.29, 0.717) is 19.3 Å². The molecule has 184 valence electrons. The number of benzene rings is 4. The molecule has 0 atom stereocenters. The second-order valence-corrected chi connectivity index (χ2v) is 10.8. The third-order valence-electron chi connectivity index (χ3n) is 6.36. The SMILES string of the molecule is C=C(CCCC(=O)Nc1ccc2c(c1)oc1ccccc12)Nc1ccc2c(c1)oc1c(Br)cc(Br)cc12.